The Bertz CT molecular complexity index is 549. The molecule has 1 atom stereocenters. The lowest BCUT2D eigenvalue weighted by Gasteiger charge is -2.25. The van der Waals surface area contributed by atoms with E-state index in [2.05, 4.69) is 4.37 Å². The number of hydrogen-bond acceptors (Lipinski definition) is 4. The highest BCUT2D eigenvalue weighted by Gasteiger charge is 2.25. The number of nitrogens with zero attached hydrogens (tertiary/aromatic N) is 1. The average molecular weight is 303 g/mol. The molecule has 1 fully saturated rings. The minimum Gasteiger partial charge on any atom is -0.472 e. The molecule has 0 aliphatic heterocycles. The van der Waals surface area contributed by atoms with Gasteiger partial charge < -0.3 is 9.84 Å². The summed E-state index contributed by atoms with van der Waals surface area (Å²) in [6.45, 7) is 0.517. The zero-order valence-electron chi connectivity index (χ0n) is 12.1. The topological polar surface area (TPSA) is 42.4 Å². The first-order valence-corrected chi connectivity index (χ1v) is 8.41. The van der Waals surface area contributed by atoms with Crippen molar-refractivity contribution >= 4 is 11.5 Å². The predicted molar refractivity (Wildman–Crippen MR) is 84.4 cm³/mol. The van der Waals surface area contributed by atoms with Gasteiger partial charge in [-0.25, -0.2) is 0 Å². The Labute approximate surface area is 129 Å². The first-order chi connectivity index (χ1) is 10.3. The Kier molecular flexibility index (Phi) is 4.88. The molecule has 1 aromatic heterocycles. The third kappa shape index (κ3) is 3.83. The van der Waals surface area contributed by atoms with Crippen LogP contribution in [-0.2, 0) is 6.61 Å². The van der Waals surface area contributed by atoms with E-state index >= 15 is 0 Å². The van der Waals surface area contributed by atoms with Gasteiger partial charge in [-0.3, -0.25) is 0 Å². The van der Waals surface area contributed by atoms with Gasteiger partial charge in [-0.1, -0.05) is 49.6 Å². The smallest absolute Gasteiger partial charge is 0.225 e. The largest absolute Gasteiger partial charge is 0.472 e. The number of rotatable bonds is 5. The van der Waals surface area contributed by atoms with Gasteiger partial charge in [0.1, 0.15) is 6.61 Å². The van der Waals surface area contributed by atoms with E-state index in [0.29, 0.717) is 18.4 Å². The fraction of sp³-hybridized carbons (Fsp3) is 0.471. The summed E-state index contributed by atoms with van der Waals surface area (Å²) < 4.78 is 10.0. The standard InChI is InChI=1S/C17H21NO2S/c19-17(14-9-5-2-6-10-14)15-11-16(18-21-15)20-12-13-7-3-1-4-8-13/h1,3-4,7-8,11,14,17,19H,2,5-6,9-10,12H2. The van der Waals surface area contributed by atoms with Gasteiger partial charge in [0, 0.05) is 6.07 Å². The van der Waals surface area contributed by atoms with Crippen LogP contribution in [0.15, 0.2) is 36.4 Å². The summed E-state index contributed by atoms with van der Waals surface area (Å²) in [5.74, 6) is 1.01. The maximum atomic E-state index is 10.5. The first kappa shape index (κ1) is 14.5. The molecule has 1 aliphatic rings. The molecule has 3 rings (SSSR count). The number of aliphatic hydroxyl groups excluding tert-OH is 1. The zero-order chi connectivity index (χ0) is 14.5. The lowest BCUT2D eigenvalue weighted by molar-refractivity contribution is 0.0877. The van der Waals surface area contributed by atoms with Crippen molar-refractivity contribution < 1.29 is 9.84 Å². The maximum Gasteiger partial charge on any atom is 0.225 e. The second-order valence-corrected chi connectivity index (χ2v) is 6.52. The van der Waals surface area contributed by atoms with Gasteiger partial charge in [-0.2, -0.15) is 4.37 Å². The Morgan fingerprint density at radius 3 is 2.71 bits per heavy atom. The van der Waals surface area contributed by atoms with Gasteiger partial charge >= 0.3 is 0 Å². The first-order valence-electron chi connectivity index (χ1n) is 7.64. The van der Waals surface area contributed by atoms with Gasteiger partial charge in [0.05, 0.1) is 11.0 Å². The minimum atomic E-state index is -0.378. The zero-order valence-corrected chi connectivity index (χ0v) is 12.9. The van der Waals surface area contributed by atoms with Crippen LogP contribution in [0.2, 0.25) is 0 Å². The van der Waals surface area contributed by atoms with Crippen LogP contribution < -0.4 is 4.74 Å². The van der Waals surface area contributed by atoms with Crippen molar-refractivity contribution in [3.8, 4) is 5.88 Å². The highest BCUT2D eigenvalue weighted by molar-refractivity contribution is 7.06. The minimum absolute atomic E-state index is 0.378. The lowest BCUT2D eigenvalue weighted by Crippen LogP contribution is -2.14. The van der Waals surface area contributed by atoms with Crippen molar-refractivity contribution in [3.63, 3.8) is 0 Å². The predicted octanol–water partition coefficient (Wildman–Crippen LogP) is 4.34. The number of hydrogen-bond donors (Lipinski definition) is 1. The van der Waals surface area contributed by atoms with Crippen molar-refractivity contribution in [1.82, 2.24) is 4.37 Å². The molecular formula is C17H21NO2S. The molecule has 1 unspecified atom stereocenters. The highest BCUT2D eigenvalue weighted by Crippen LogP contribution is 2.36. The van der Waals surface area contributed by atoms with Gasteiger partial charge in [0.2, 0.25) is 5.88 Å². The van der Waals surface area contributed by atoms with E-state index in [-0.39, 0.29) is 6.10 Å². The third-order valence-corrected chi connectivity index (χ3v) is 4.97. The highest BCUT2D eigenvalue weighted by atomic mass is 32.1. The van der Waals surface area contributed by atoms with E-state index in [9.17, 15) is 5.11 Å². The summed E-state index contributed by atoms with van der Waals surface area (Å²) in [5.41, 5.74) is 1.12. The molecule has 1 N–H and O–H groups in total. The molecule has 0 saturated heterocycles. The number of benzene rings is 1. The van der Waals surface area contributed by atoms with Gasteiger partial charge in [0.15, 0.2) is 0 Å². The Morgan fingerprint density at radius 2 is 1.95 bits per heavy atom. The van der Waals surface area contributed by atoms with Crippen LogP contribution in [0.3, 0.4) is 0 Å². The molecule has 0 radical (unpaired) electrons. The third-order valence-electron chi connectivity index (χ3n) is 4.12. The van der Waals surface area contributed by atoms with Crippen LogP contribution in [0.4, 0.5) is 0 Å². The number of aliphatic hydroxyl groups is 1. The molecule has 1 aliphatic carbocycles. The summed E-state index contributed by atoms with van der Waals surface area (Å²) in [5, 5.41) is 10.5. The molecule has 0 amide bonds. The summed E-state index contributed by atoms with van der Waals surface area (Å²) in [6, 6.07) is 11.9. The monoisotopic (exact) mass is 303 g/mol. The van der Waals surface area contributed by atoms with Crippen molar-refractivity contribution in [2.75, 3.05) is 0 Å². The van der Waals surface area contributed by atoms with E-state index in [4.69, 9.17) is 4.74 Å². The van der Waals surface area contributed by atoms with Crippen molar-refractivity contribution in [3.05, 3.63) is 46.8 Å². The van der Waals surface area contributed by atoms with E-state index in [1.807, 2.05) is 36.4 Å². The summed E-state index contributed by atoms with van der Waals surface area (Å²) >= 11 is 1.36. The van der Waals surface area contributed by atoms with Crippen LogP contribution in [0.1, 0.15) is 48.6 Å². The van der Waals surface area contributed by atoms with Crippen molar-refractivity contribution in [2.24, 2.45) is 5.92 Å². The molecule has 21 heavy (non-hydrogen) atoms. The Balaban J connectivity index is 1.58. The maximum absolute atomic E-state index is 10.5. The quantitative estimate of drug-likeness (QED) is 0.893. The molecular weight excluding hydrogens is 282 g/mol. The fourth-order valence-electron chi connectivity index (χ4n) is 2.89. The van der Waals surface area contributed by atoms with Crippen molar-refractivity contribution in [2.45, 2.75) is 44.8 Å². The molecule has 3 nitrogen and oxygen atoms in total. The van der Waals surface area contributed by atoms with Gasteiger partial charge in [-0.05, 0) is 35.9 Å². The van der Waals surface area contributed by atoms with Crippen LogP contribution in [0.25, 0.3) is 0 Å². The molecule has 112 valence electrons. The molecule has 1 heterocycles. The van der Waals surface area contributed by atoms with Crippen LogP contribution in [-0.4, -0.2) is 9.48 Å². The lowest BCUT2D eigenvalue weighted by atomic mass is 9.85. The van der Waals surface area contributed by atoms with Crippen LogP contribution >= 0.6 is 11.5 Å². The molecule has 1 aromatic carbocycles. The fourth-order valence-corrected chi connectivity index (χ4v) is 3.65. The van der Waals surface area contributed by atoms with E-state index in [1.54, 1.807) is 0 Å². The van der Waals surface area contributed by atoms with Gasteiger partial charge in [-0.15, -0.1) is 0 Å². The van der Waals surface area contributed by atoms with E-state index in [0.717, 1.165) is 23.3 Å². The average Bonchev–Trinajstić information content (AvgIpc) is 3.03. The summed E-state index contributed by atoms with van der Waals surface area (Å²) in [6.07, 6.45) is 5.64. The summed E-state index contributed by atoms with van der Waals surface area (Å²) in [7, 11) is 0. The summed E-state index contributed by atoms with van der Waals surface area (Å²) in [4.78, 5) is 0.935. The number of aromatic nitrogens is 1. The Morgan fingerprint density at radius 1 is 1.19 bits per heavy atom. The van der Waals surface area contributed by atoms with Crippen molar-refractivity contribution in [1.29, 1.82) is 0 Å². The normalized spacial score (nSPS) is 17.6. The van der Waals surface area contributed by atoms with Crippen LogP contribution in [0, 0.1) is 5.92 Å². The van der Waals surface area contributed by atoms with Crippen LogP contribution in [0.5, 0.6) is 5.88 Å². The molecule has 2 aromatic rings. The molecule has 4 heteroatoms. The SMILES string of the molecule is OC(c1cc(OCc2ccccc2)ns1)C1CCCCC1. The molecule has 0 spiro atoms. The van der Waals surface area contributed by atoms with E-state index in [1.165, 1.54) is 30.8 Å². The van der Waals surface area contributed by atoms with E-state index < -0.39 is 0 Å². The molecule has 0 bridgehead atoms. The van der Waals surface area contributed by atoms with Gasteiger partial charge in [0.25, 0.3) is 0 Å². The molecule has 1 saturated carbocycles. The second kappa shape index (κ2) is 7.05. The number of ether oxygens (including phenoxy) is 1. The second-order valence-electron chi connectivity index (χ2n) is 5.68. The Hall–Kier alpha value is -1.39.